The summed E-state index contributed by atoms with van der Waals surface area (Å²) in [7, 11) is -4.09. The molecule has 9 heteroatoms. The summed E-state index contributed by atoms with van der Waals surface area (Å²) in [4.78, 5) is 28.5. The first-order valence-corrected chi connectivity index (χ1v) is 14.7. The molecule has 0 spiro atoms. The number of amides is 2. The molecule has 0 aliphatic rings. The van der Waals surface area contributed by atoms with Crippen LogP contribution in [-0.2, 0) is 26.2 Å². The molecule has 3 rings (SSSR count). The van der Waals surface area contributed by atoms with Crippen LogP contribution in [0.2, 0.25) is 5.02 Å². The molecule has 0 saturated heterocycles. The zero-order valence-electron chi connectivity index (χ0n) is 23.0. The third-order valence-electron chi connectivity index (χ3n) is 6.64. The molecule has 0 unspecified atom stereocenters. The Morgan fingerprint density at radius 3 is 1.95 bits per heavy atom. The second kappa shape index (κ2) is 13.1. The molecule has 0 heterocycles. The minimum absolute atomic E-state index is 0.0709. The Kier molecular flexibility index (Phi) is 10.2. The predicted octanol–water partition coefficient (Wildman–Crippen LogP) is 5.48. The van der Waals surface area contributed by atoms with E-state index in [1.54, 1.807) is 67.6 Å². The Balaban J connectivity index is 2.01. The molecule has 7 nitrogen and oxygen atoms in total. The molecule has 1 N–H and O–H groups in total. The van der Waals surface area contributed by atoms with Crippen molar-refractivity contribution in [3.8, 4) is 0 Å². The highest BCUT2D eigenvalue weighted by Crippen LogP contribution is 2.25. The van der Waals surface area contributed by atoms with E-state index in [-0.39, 0.29) is 23.4 Å². The maximum atomic E-state index is 13.9. The summed E-state index contributed by atoms with van der Waals surface area (Å²) in [5, 5.41) is 3.48. The molecule has 0 aromatic heterocycles. The fraction of sp³-hybridized carbons (Fsp3) is 0.333. The first kappa shape index (κ1) is 30.2. The van der Waals surface area contributed by atoms with Crippen LogP contribution in [0.25, 0.3) is 0 Å². The van der Waals surface area contributed by atoms with Crippen molar-refractivity contribution in [3.05, 3.63) is 94.5 Å². The van der Waals surface area contributed by atoms with Crippen LogP contribution in [0.1, 0.15) is 43.9 Å². The van der Waals surface area contributed by atoms with E-state index in [0.717, 1.165) is 27.4 Å². The summed E-state index contributed by atoms with van der Waals surface area (Å²) in [6.45, 7) is 8.91. The Morgan fingerprint density at radius 2 is 1.41 bits per heavy atom. The van der Waals surface area contributed by atoms with Gasteiger partial charge in [-0.15, -0.1) is 0 Å². The third kappa shape index (κ3) is 7.83. The molecule has 2 amide bonds. The number of hydrogen-bond donors (Lipinski definition) is 1. The van der Waals surface area contributed by atoms with Crippen LogP contribution in [-0.4, -0.2) is 43.8 Å². The molecule has 0 radical (unpaired) electrons. The first-order valence-electron chi connectivity index (χ1n) is 12.9. The van der Waals surface area contributed by atoms with Gasteiger partial charge >= 0.3 is 0 Å². The zero-order chi connectivity index (χ0) is 28.7. The second-order valence-corrected chi connectivity index (χ2v) is 12.1. The van der Waals surface area contributed by atoms with Gasteiger partial charge in [-0.3, -0.25) is 13.9 Å². The van der Waals surface area contributed by atoms with Crippen LogP contribution < -0.4 is 9.62 Å². The van der Waals surface area contributed by atoms with Gasteiger partial charge in [0.1, 0.15) is 12.6 Å². The van der Waals surface area contributed by atoms with Crippen LogP contribution in [0.5, 0.6) is 0 Å². The number of nitrogens with zero attached hydrogens (tertiary/aromatic N) is 2. The lowest BCUT2D eigenvalue weighted by Gasteiger charge is -2.32. The van der Waals surface area contributed by atoms with Crippen LogP contribution in [0.15, 0.2) is 77.7 Å². The van der Waals surface area contributed by atoms with Crippen molar-refractivity contribution < 1.29 is 18.0 Å². The highest BCUT2D eigenvalue weighted by molar-refractivity contribution is 7.92. The number of halogens is 1. The molecule has 3 aromatic carbocycles. The Labute approximate surface area is 236 Å². The van der Waals surface area contributed by atoms with Gasteiger partial charge in [-0.2, -0.15) is 0 Å². The summed E-state index contributed by atoms with van der Waals surface area (Å²) < 4.78 is 28.8. The minimum Gasteiger partial charge on any atom is -0.352 e. The summed E-state index contributed by atoms with van der Waals surface area (Å²) in [6, 6.07) is 19.5. The molecule has 3 aromatic rings. The van der Waals surface area contributed by atoms with Crippen LogP contribution >= 0.6 is 11.6 Å². The van der Waals surface area contributed by atoms with E-state index >= 15 is 0 Å². The van der Waals surface area contributed by atoms with E-state index in [4.69, 9.17) is 11.6 Å². The van der Waals surface area contributed by atoms with Crippen molar-refractivity contribution in [2.24, 2.45) is 0 Å². The van der Waals surface area contributed by atoms with Gasteiger partial charge in [0.05, 0.1) is 10.6 Å². The van der Waals surface area contributed by atoms with E-state index in [0.29, 0.717) is 10.7 Å². The van der Waals surface area contributed by atoms with Crippen LogP contribution in [0.4, 0.5) is 5.69 Å². The molecular formula is C30H36ClN3O4S. The molecule has 0 aliphatic carbocycles. The molecule has 0 aliphatic heterocycles. The Hall–Kier alpha value is -3.36. The molecule has 2 atom stereocenters. The fourth-order valence-corrected chi connectivity index (χ4v) is 5.45. The standard InChI is InChI=1S/C30H36ClN3O4S/c1-6-23(4)32-30(36)24(5)33(19-25-11-13-26(31)14-12-25)29(35)20-34(27-15-7-21(2)8-16-27)39(37,38)28-17-9-22(3)10-18-28/h7-18,23-24H,6,19-20H2,1-5H3,(H,32,36)/t23-,24-/m1/s1. The molecule has 39 heavy (non-hydrogen) atoms. The number of rotatable bonds is 11. The average Bonchev–Trinajstić information content (AvgIpc) is 2.91. The smallest absolute Gasteiger partial charge is 0.264 e. The van der Waals surface area contributed by atoms with Crippen LogP contribution in [0.3, 0.4) is 0 Å². The monoisotopic (exact) mass is 569 g/mol. The molecular weight excluding hydrogens is 534 g/mol. The second-order valence-electron chi connectivity index (χ2n) is 9.80. The van der Waals surface area contributed by atoms with Gasteiger partial charge in [-0.1, -0.05) is 66.0 Å². The van der Waals surface area contributed by atoms with Gasteiger partial charge in [0.25, 0.3) is 10.0 Å². The van der Waals surface area contributed by atoms with Crippen molar-refractivity contribution in [3.63, 3.8) is 0 Å². The van der Waals surface area contributed by atoms with Gasteiger partial charge in [0, 0.05) is 17.6 Å². The maximum Gasteiger partial charge on any atom is 0.264 e. The zero-order valence-corrected chi connectivity index (χ0v) is 24.6. The number of nitrogens with one attached hydrogen (secondary N) is 1. The molecule has 0 bridgehead atoms. The summed E-state index contributed by atoms with van der Waals surface area (Å²) in [5.74, 6) is -0.817. The van der Waals surface area contributed by atoms with Crippen molar-refractivity contribution in [2.75, 3.05) is 10.8 Å². The number of carbonyl (C=O) groups is 2. The number of anilines is 1. The van der Waals surface area contributed by atoms with Crippen LogP contribution in [0, 0.1) is 13.8 Å². The van der Waals surface area contributed by atoms with Crippen molar-refractivity contribution in [1.82, 2.24) is 10.2 Å². The maximum absolute atomic E-state index is 13.9. The highest BCUT2D eigenvalue weighted by Gasteiger charge is 2.32. The van der Waals surface area contributed by atoms with Crippen molar-refractivity contribution in [1.29, 1.82) is 0 Å². The van der Waals surface area contributed by atoms with Gasteiger partial charge in [0.2, 0.25) is 11.8 Å². The van der Waals surface area contributed by atoms with Gasteiger partial charge in [-0.25, -0.2) is 8.42 Å². The summed E-state index contributed by atoms with van der Waals surface area (Å²) in [5.41, 5.74) is 3.00. The lowest BCUT2D eigenvalue weighted by Crippen LogP contribution is -2.52. The summed E-state index contributed by atoms with van der Waals surface area (Å²) in [6.07, 6.45) is 0.736. The van der Waals surface area contributed by atoms with E-state index in [9.17, 15) is 18.0 Å². The van der Waals surface area contributed by atoms with Crippen molar-refractivity contribution >= 4 is 39.1 Å². The van der Waals surface area contributed by atoms with Gasteiger partial charge in [0.15, 0.2) is 0 Å². The molecule has 208 valence electrons. The first-order chi connectivity index (χ1) is 18.4. The fourth-order valence-electron chi connectivity index (χ4n) is 3.91. The Morgan fingerprint density at radius 1 is 0.872 bits per heavy atom. The Bertz CT molecular complexity index is 1380. The van der Waals surface area contributed by atoms with Gasteiger partial charge < -0.3 is 10.2 Å². The largest absolute Gasteiger partial charge is 0.352 e. The van der Waals surface area contributed by atoms with E-state index in [1.165, 1.54) is 17.0 Å². The predicted molar refractivity (Wildman–Crippen MR) is 156 cm³/mol. The lowest BCUT2D eigenvalue weighted by molar-refractivity contribution is -0.139. The molecule has 0 fully saturated rings. The summed E-state index contributed by atoms with van der Waals surface area (Å²) >= 11 is 6.04. The quantitative estimate of drug-likeness (QED) is 0.331. The number of benzene rings is 3. The van der Waals surface area contributed by atoms with Crippen molar-refractivity contribution in [2.45, 2.75) is 64.6 Å². The minimum atomic E-state index is -4.09. The van der Waals surface area contributed by atoms with Gasteiger partial charge in [-0.05, 0) is 76.1 Å². The highest BCUT2D eigenvalue weighted by atomic mass is 35.5. The normalized spacial score (nSPS) is 12.9. The van der Waals surface area contributed by atoms with E-state index in [1.807, 2.05) is 27.7 Å². The molecule has 0 saturated carbocycles. The van der Waals surface area contributed by atoms with E-state index in [2.05, 4.69) is 5.32 Å². The number of aryl methyl sites for hydroxylation is 2. The third-order valence-corrected chi connectivity index (χ3v) is 8.68. The SMILES string of the molecule is CC[C@@H](C)NC(=O)[C@@H](C)N(Cc1ccc(Cl)cc1)C(=O)CN(c1ccc(C)cc1)S(=O)(=O)c1ccc(C)cc1. The number of sulfonamides is 1. The number of hydrogen-bond acceptors (Lipinski definition) is 4. The number of carbonyl (C=O) groups excluding carboxylic acids is 2. The lowest BCUT2D eigenvalue weighted by atomic mass is 10.1. The van der Waals surface area contributed by atoms with E-state index < -0.39 is 28.5 Å². The average molecular weight is 570 g/mol. The topological polar surface area (TPSA) is 86.8 Å².